The van der Waals surface area contributed by atoms with Crippen molar-refractivity contribution in [3.8, 4) is 0 Å². The lowest BCUT2D eigenvalue weighted by molar-refractivity contribution is -0.270. The number of benzene rings is 3. The van der Waals surface area contributed by atoms with Gasteiger partial charge in [-0.2, -0.15) is 5.54 Å². The molecule has 1 aliphatic heterocycles. The Balaban J connectivity index is 1.56. The first-order valence-corrected chi connectivity index (χ1v) is 13.6. The van der Waals surface area contributed by atoms with Crippen molar-refractivity contribution < 1.29 is 37.8 Å². The topological polar surface area (TPSA) is 92.3 Å². The zero-order chi connectivity index (χ0) is 28.9. The fraction of sp³-hybridized carbons (Fsp3) is 0.375. The van der Waals surface area contributed by atoms with E-state index in [-0.39, 0.29) is 18.6 Å². The van der Waals surface area contributed by atoms with Crippen LogP contribution in [0.3, 0.4) is 0 Å². The van der Waals surface area contributed by atoms with Gasteiger partial charge in [0.15, 0.2) is 12.4 Å². The van der Waals surface area contributed by atoms with Crippen LogP contribution in [0, 0.1) is 5.92 Å². The highest BCUT2D eigenvalue weighted by molar-refractivity contribution is 5.84. The normalized spacial score (nSPS) is 21.1. The minimum atomic E-state index is -1.43. The number of nitrogens with one attached hydrogen (secondary N) is 1. The summed E-state index contributed by atoms with van der Waals surface area (Å²) in [6.45, 7) is 0.933. The Morgan fingerprint density at radius 3 is 2.07 bits per heavy atom. The maximum atomic E-state index is 13.1. The van der Waals surface area contributed by atoms with E-state index in [1.165, 1.54) is 7.11 Å². The van der Waals surface area contributed by atoms with E-state index in [1.54, 1.807) is 0 Å². The molecule has 1 N–H and O–H groups in total. The van der Waals surface area contributed by atoms with Crippen molar-refractivity contribution in [2.75, 3.05) is 13.7 Å². The van der Waals surface area contributed by atoms with Gasteiger partial charge in [-0.05, 0) is 29.0 Å². The van der Waals surface area contributed by atoms with Gasteiger partial charge in [-0.15, -0.1) is 4.48 Å². The SMILES string of the molecule is COC(=O)C[C@H](OC1CC(Cc2ccccc2)C(OCc2ccccc2)C(COCc2ccccc2)O1)C(=O)NF. The van der Waals surface area contributed by atoms with Crippen molar-refractivity contribution in [2.24, 2.45) is 5.92 Å². The summed E-state index contributed by atoms with van der Waals surface area (Å²) in [6.07, 6.45) is -2.75. The van der Waals surface area contributed by atoms with Gasteiger partial charge in [0.05, 0.1) is 39.5 Å². The van der Waals surface area contributed by atoms with Gasteiger partial charge in [0, 0.05) is 6.42 Å². The van der Waals surface area contributed by atoms with Crippen LogP contribution in [0.5, 0.6) is 0 Å². The molecule has 3 aromatic rings. The van der Waals surface area contributed by atoms with Crippen molar-refractivity contribution >= 4 is 11.9 Å². The Morgan fingerprint density at radius 2 is 1.49 bits per heavy atom. The van der Waals surface area contributed by atoms with Gasteiger partial charge in [-0.3, -0.25) is 9.59 Å². The summed E-state index contributed by atoms with van der Waals surface area (Å²) in [4.78, 5) is 24.1. The highest BCUT2D eigenvalue weighted by Crippen LogP contribution is 2.33. The maximum absolute atomic E-state index is 13.1. The Hall–Kier alpha value is -3.63. The molecule has 3 aromatic carbocycles. The van der Waals surface area contributed by atoms with Gasteiger partial charge >= 0.3 is 5.97 Å². The predicted octanol–water partition coefficient (Wildman–Crippen LogP) is 4.71. The minimum absolute atomic E-state index is 0.0996. The zero-order valence-corrected chi connectivity index (χ0v) is 23.0. The Labute approximate surface area is 239 Å². The molecule has 0 spiro atoms. The summed E-state index contributed by atoms with van der Waals surface area (Å²) in [6, 6.07) is 29.6. The predicted molar refractivity (Wildman–Crippen MR) is 149 cm³/mol. The number of halogens is 1. The first kappa shape index (κ1) is 30.3. The molecule has 0 radical (unpaired) electrons. The summed E-state index contributed by atoms with van der Waals surface area (Å²) >= 11 is 0. The molecule has 5 atom stereocenters. The van der Waals surface area contributed by atoms with E-state index in [0.717, 1.165) is 22.2 Å². The molecule has 1 amide bonds. The first-order chi connectivity index (χ1) is 20.1. The third-order valence-electron chi connectivity index (χ3n) is 6.95. The maximum Gasteiger partial charge on any atom is 0.308 e. The van der Waals surface area contributed by atoms with Crippen LogP contribution in [-0.4, -0.2) is 50.2 Å². The van der Waals surface area contributed by atoms with E-state index in [4.69, 9.17) is 18.9 Å². The lowest BCUT2D eigenvalue weighted by Gasteiger charge is -2.42. The number of carbonyl (C=O) groups is 2. The minimum Gasteiger partial charge on any atom is -0.469 e. The standard InChI is InChI=1S/C32H36FNO7/c1-37-29(35)19-27(32(36)34-33)40-30-18-26(17-23-11-5-2-6-12-23)31(39-21-25-15-9-4-10-16-25)28(41-30)22-38-20-24-13-7-3-8-14-24/h2-16,26-28,30-31H,17-22H2,1H3,(H,34,36)/t26?,27-,28?,30?,31?/m0/s1. The summed E-state index contributed by atoms with van der Waals surface area (Å²) in [5.41, 5.74) is 4.20. The number of methoxy groups -OCH3 is 1. The van der Waals surface area contributed by atoms with Crippen molar-refractivity contribution in [1.82, 2.24) is 5.54 Å². The van der Waals surface area contributed by atoms with Gasteiger partial charge in [0.25, 0.3) is 5.91 Å². The van der Waals surface area contributed by atoms with Crippen LogP contribution in [0.2, 0.25) is 0 Å². The van der Waals surface area contributed by atoms with E-state index < -0.39 is 36.8 Å². The average Bonchev–Trinajstić information content (AvgIpc) is 3.01. The van der Waals surface area contributed by atoms with Crippen LogP contribution in [0.4, 0.5) is 4.48 Å². The number of esters is 1. The lowest BCUT2D eigenvalue weighted by Crippen LogP contribution is -2.51. The van der Waals surface area contributed by atoms with Crippen LogP contribution in [0.15, 0.2) is 91.0 Å². The highest BCUT2D eigenvalue weighted by atomic mass is 19.2. The highest BCUT2D eigenvalue weighted by Gasteiger charge is 2.42. The fourth-order valence-corrected chi connectivity index (χ4v) is 4.91. The number of rotatable bonds is 14. The summed E-state index contributed by atoms with van der Waals surface area (Å²) in [7, 11) is 1.19. The molecule has 0 bridgehead atoms. The summed E-state index contributed by atoms with van der Waals surface area (Å²) < 4.78 is 42.6. The van der Waals surface area contributed by atoms with E-state index in [2.05, 4.69) is 4.74 Å². The fourth-order valence-electron chi connectivity index (χ4n) is 4.91. The molecule has 0 aliphatic carbocycles. The Kier molecular flexibility index (Phi) is 11.8. The van der Waals surface area contributed by atoms with Crippen LogP contribution < -0.4 is 5.54 Å². The van der Waals surface area contributed by atoms with Crippen molar-refractivity contribution in [3.05, 3.63) is 108 Å². The largest absolute Gasteiger partial charge is 0.469 e. The molecule has 0 saturated carbocycles. The van der Waals surface area contributed by atoms with E-state index in [1.807, 2.05) is 91.0 Å². The van der Waals surface area contributed by atoms with Crippen LogP contribution in [-0.2, 0) is 52.9 Å². The molecule has 9 heteroatoms. The summed E-state index contributed by atoms with van der Waals surface area (Å²) in [5.74, 6) is -1.89. The van der Waals surface area contributed by atoms with Gasteiger partial charge in [-0.25, -0.2) is 0 Å². The molecule has 4 unspecified atom stereocenters. The quantitative estimate of drug-likeness (QED) is 0.224. The molecule has 1 saturated heterocycles. The molecule has 218 valence electrons. The summed E-state index contributed by atoms with van der Waals surface area (Å²) in [5, 5.41) is 0. The monoisotopic (exact) mass is 565 g/mol. The molecule has 0 aromatic heterocycles. The second-order valence-corrected chi connectivity index (χ2v) is 9.92. The van der Waals surface area contributed by atoms with Gasteiger partial charge in [-0.1, -0.05) is 91.0 Å². The molecule has 1 fully saturated rings. The number of ether oxygens (including phenoxy) is 5. The second kappa shape index (κ2) is 16.0. The average molecular weight is 566 g/mol. The molecular weight excluding hydrogens is 529 g/mol. The zero-order valence-electron chi connectivity index (χ0n) is 23.0. The molecule has 4 rings (SSSR count). The van der Waals surface area contributed by atoms with Crippen LogP contribution in [0.1, 0.15) is 29.5 Å². The molecule has 1 heterocycles. The Morgan fingerprint density at radius 1 is 0.902 bits per heavy atom. The molecule has 1 aliphatic rings. The third-order valence-corrected chi connectivity index (χ3v) is 6.95. The number of amides is 1. The number of hydrogen-bond acceptors (Lipinski definition) is 7. The molecular formula is C32H36FNO7. The van der Waals surface area contributed by atoms with Crippen molar-refractivity contribution in [2.45, 2.75) is 57.1 Å². The van der Waals surface area contributed by atoms with Crippen LogP contribution in [0.25, 0.3) is 0 Å². The van der Waals surface area contributed by atoms with Gasteiger partial charge in [0.2, 0.25) is 0 Å². The smallest absolute Gasteiger partial charge is 0.308 e. The van der Waals surface area contributed by atoms with E-state index in [0.29, 0.717) is 26.1 Å². The van der Waals surface area contributed by atoms with Crippen molar-refractivity contribution in [1.29, 1.82) is 0 Å². The Bertz CT molecular complexity index is 1200. The molecule has 8 nitrogen and oxygen atoms in total. The first-order valence-electron chi connectivity index (χ1n) is 13.6. The third kappa shape index (κ3) is 9.47. The molecule has 41 heavy (non-hydrogen) atoms. The number of hydrogen-bond donors (Lipinski definition) is 1. The van der Waals surface area contributed by atoms with E-state index >= 15 is 0 Å². The van der Waals surface area contributed by atoms with Gasteiger partial charge in [0.1, 0.15) is 6.10 Å². The van der Waals surface area contributed by atoms with Gasteiger partial charge < -0.3 is 23.7 Å². The number of carbonyl (C=O) groups excluding carboxylic acids is 2. The van der Waals surface area contributed by atoms with E-state index in [9.17, 15) is 14.1 Å². The lowest BCUT2D eigenvalue weighted by atomic mass is 9.85. The van der Waals surface area contributed by atoms with Crippen molar-refractivity contribution in [3.63, 3.8) is 0 Å². The second-order valence-electron chi connectivity index (χ2n) is 9.92. The van der Waals surface area contributed by atoms with Crippen LogP contribution >= 0.6 is 0 Å².